The normalized spacial score (nSPS) is 18.2. The molecule has 1 saturated heterocycles. The minimum atomic E-state index is 0.221. The molecule has 0 radical (unpaired) electrons. The number of rotatable bonds is 4. The van der Waals surface area contributed by atoms with Gasteiger partial charge >= 0.3 is 0 Å². The molecule has 0 aliphatic carbocycles. The molecule has 4 heteroatoms. The molecular weight excluding hydrogens is 322 g/mol. The van der Waals surface area contributed by atoms with Crippen molar-refractivity contribution >= 4 is 11.6 Å². The molecule has 2 aromatic carbocycles. The maximum absolute atomic E-state index is 12.7. The second-order valence-electron chi connectivity index (χ2n) is 7.66. The first-order valence-electron chi connectivity index (χ1n) is 9.49. The van der Waals surface area contributed by atoms with Crippen LogP contribution in [-0.2, 0) is 13.1 Å². The molecule has 0 N–H and O–H groups in total. The zero-order chi connectivity index (χ0) is 18.1. The standard InChI is InChI=1S/C22H27N3O/c1-23(2)19-9-7-17(8-10-19)15-24-13-11-20(12-14-24)25-16-18-5-3-4-6-21(18)22(25)26/h3-10,20H,11-16H2,1-2H3. The van der Waals surface area contributed by atoms with E-state index in [1.165, 1.54) is 16.8 Å². The number of nitrogens with zero attached hydrogens (tertiary/aromatic N) is 3. The van der Waals surface area contributed by atoms with Gasteiger partial charge in [0.1, 0.15) is 0 Å². The predicted octanol–water partition coefficient (Wildman–Crippen LogP) is 3.37. The van der Waals surface area contributed by atoms with Crippen molar-refractivity contribution in [1.82, 2.24) is 9.80 Å². The van der Waals surface area contributed by atoms with Crippen molar-refractivity contribution in [3.8, 4) is 0 Å². The number of benzene rings is 2. The number of likely N-dealkylation sites (tertiary alicyclic amines) is 1. The van der Waals surface area contributed by atoms with Gasteiger partial charge in [-0.05, 0) is 42.2 Å². The largest absolute Gasteiger partial charge is 0.378 e. The Morgan fingerprint density at radius 3 is 2.35 bits per heavy atom. The van der Waals surface area contributed by atoms with Crippen LogP contribution in [0.3, 0.4) is 0 Å². The summed E-state index contributed by atoms with van der Waals surface area (Å²) in [5, 5.41) is 0. The van der Waals surface area contributed by atoms with Crippen LogP contribution in [0.25, 0.3) is 0 Å². The van der Waals surface area contributed by atoms with Gasteiger partial charge in [-0.2, -0.15) is 0 Å². The van der Waals surface area contributed by atoms with E-state index in [9.17, 15) is 4.79 Å². The van der Waals surface area contributed by atoms with Crippen molar-refractivity contribution in [1.29, 1.82) is 0 Å². The SMILES string of the molecule is CN(C)c1ccc(CN2CCC(N3Cc4ccccc4C3=O)CC2)cc1. The molecule has 0 bridgehead atoms. The molecule has 26 heavy (non-hydrogen) atoms. The highest BCUT2D eigenvalue weighted by Gasteiger charge is 2.34. The quantitative estimate of drug-likeness (QED) is 0.847. The number of carbonyl (C=O) groups is 1. The van der Waals surface area contributed by atoms with Crippen LogP contribution in [0.2, 0.25) is 0 Å². The number of fused-ring (bicyclic) bond motifs is 1. The van der Waals surface area contributed by atoms with Gasteiger partial charge < -0.3 is 9.80 Å². The van der Waals surface area contributed by atoms with Crippen LogP contribution in [0.15, 0.2) is 48.5 Å². The summed E-state index contributed by atoms with van der Waals surface area (Å²) < 4.78 is 0. The lowest BCUT2D eigenvalue weighted by atomic mass is 10.0. The molecule has 136 valence electrons. The lowest BCUT2D eigenvalue weighted by molar-refractivity contribution is 0.0590. The Morgan fingerprint density at radius 2 is 1.69 bits per heavy atom. The van der Waals surface area contributed by atoms with E-state index in [1.54, 1.807) is 0 Å². The van der Waals surface area contributed by atoms with Crippen LogP contribution >= 0.6 is 0 Å². The van der Waals surface area contributed by atoms with Crippen molar-refractivity contribution in [3.05, 3.63) is 65.2 Å². The summed E-state index contributed by atoms with van der Waals surface area (Å²) >= 11 is 0. The second-order valence-corrected chi connectivity index (χ2v) is 7.66. The summed E-state index contributed by atoms with van der Waals surface area (Å²) in [7, 11) is 4.13. The van der Waals surface area contributed by atoms with Crippen LogP contribution in [0.1, 0.15) is 34.3 Å². The van der Waals surface area contributed by atoms with Crippen molar-refractivity contribution in [2.75, 3.05) is 32.1 Å². The molecule has 1 amide bonds. The van der Waals surface area contributed by atoms with Crippen LogP contribution < -0.4 is 4.90 Å². The molecule has 2 aromatic rings. The number of carbonyl (C=O) groups excluding carboxylic acids is 1. The Morgan fingerprint density at radius 1 is 1.00 bits per heavy atom. The second kappa shape index (κ2) is 7.12. The van der Waals surface area contributed by atoms with E-state index >= 15 is 0 Å². The zero-order valence-corrected chi connectivity index (χ0v) is 15.7. The Bertz CT molecular complexity index is 776. The fraction of sp³-hybridized carbons (Fsp3) is 0.409. The minimum Gasteiger partial charge on any atom is -0.378 e. The molecule has 4 nitrogen and oxygen atoms in total. The van der Waals surface area contributed by atoms with Gasteiger partial charge in [-0.15, -0.1) is 0 Å². The van der Waals surface area contributed by atoms with E-state index in [0.29, 0.717) is 6.04 Å². The lowest BCUT2D eigenvalue weighted by Crippen LogP contribution is -2.44. The van der Waals surface area contributed by atoms with Gasteiger partial charge in [0.2, 0.25) is 0 Å². The van der Waals surface area contributed by atoms with Crippen molar-refractivity contribution in [3.63, 3.8) is 0 Å². The topological polar surface area (TPSA) is 26.8 Å². The van der Waals surface area contributed by atoms with E-state index in [0.717, 1.165) is 44.6 Å². The summed E-state index contributed by atoms with van der Waals surface area (Å²) in [6.45, 7) is 3.89. The monoisotopic (exact) mass is 349 g/mol. The van der Waals surface area contributed by atoms with Crippen LogP contribution in [-0.4, -0.2) is 48.9 Å². The maximum Gasteiger partial charge on any atom is 0.254 e. The molecule has 0 atom stereocenters. The lowest BCUT2D eigenvalue weighted by Gasteiger charge is -2.36. The van der Waals surface area contributed by atoms with E-state index in [1.807, 2.05) is 18.2 Å². The fourth-order valence-electron chi connectivity index (χ4n) is 4.12. The molecule has 1 fully saturated rings. The third-order valence-electron chi connectivity index (χ3n) is 5.71. The third kappa shape index (κ3) is 3.34. The summed E-state index contributed by atoms with van der Waals surface area (Å²) in [5.41, 5.74) is 4.68. The number of amides is 1. The maximum atomic E-state index is 12.7. The smallest absolute Gasteiger partial charge is 0.254 e. The highest BCUT2D eigenvalue weighted by molar-refractivity contribution is 5.98. The first-order chi connectivity index (χ1) is 12.6. The molecule has 2 aliphatic heterocycles. The van der Waals surface area contributed by atoms with Crippen LogP contribution in [0.4, 0.5) is 5.69 Å². The number of anilines is 1. The van der Waals surface area contributed by atoms with E-state index in [4.69, 9.17) is 0 Å². The van der Waals surface area contributed by atoms with Gasteiger partial charge in [-0.1, -0.05) is 30.3 Å². The van der Waals surface area contributed by atoms with E-state index < -0.39 is 0 Å². The van der Waals surface area contributed by atoms with Crippen molar-refractivity contribution < 1.29 is 4.79 Å². The van der Waals surface area contributed by atoms with Gasteiger partial charge in [-0.3, -0.25) is 9.69 Å². The van der Waals surface area contributed by atoms with Gasteiger partial charge in [0.15, 0.2) is 0 Å². The molecule has 4 rings (SSSR count). The van der Waals surface area contributed by atoms with Crippen molar-refractivity contribution in [2.24, 2.45) is 0 Å². The van der Waals surface area contributed by atoms with Crippen LogP contribution in [0.5, 0.6) is 0 Å². The Labute approximate surface area is 156 Å². The van der Waals surface area contributed by atoms with E-state index in [2.05, 4.69) is 59.1 Å². The van der Waals surface area contributed by atoms with E-state index in [-0.39, 0.29) is 5.91 Å². The molecular formula is C22H27N3O. The van der Waals surface area contributed by atoms with Crippen molar-refractivity contribution in [2.45, 2.75) is 32.0 Å². The predicted molar refractivity (Wildman–Crippen MR) is 105 cm³/mol. The minimum absolute atomic E-state index is 0.221. The average Bonchev–Trinajstić information content (AvgIpc) is 3.00. The van der Waals surface area contributed by atoms with Gasteiger partial charge in [0, 0.05) is 57.6 Å². The first kappa shape index (κ1) is 17.1. The Balaban J connectivity index is 1.33. The number of hydrogen-bond acceptors (Lipinski definition) is 3. The molecule has 0 spiro atoms. The molecule has 2 heterocycles. The number of piperidine rings is 1. The highest BCUT2D eigenvalue weighted by atomic mass is 16.2. The van der Waals surface area contributed by atoms with Crippen LogP contribution in [0, 0.1) is 0 Å². The van der Waals surface area contributed by atoms with Gasteiger partial charge in [-0.25, -0.2) is 0 Å². The fourth-order valence-corrected chi connectivity index (χ4v) is 4.12. The highest BCUT2D eigenvalue weighted by Crippen LogP contribution is 2.28. The molecule has 0 saturated carbocycles. The summed E-state index contributed by atoms with van der Waals surface area (Å²) in [6.07, 6.45) is 2.13. The summed E-state index contributed by atoms with van der Waals surface area (Å²) in [5.74, 6) is 0.221. The molecule has 0 unspecified atom stereocenters. The zero-order valence-electron chi connectivity index (χ0n) is 15.7. The molecule has 0 aromatic heterocycles. The Kier molecular flexibility index (Phi) is 4.68. The van der Waals surface area contributed by atoms with Gasteiger partial charge in [0.25, 0.3) is 5.91 Å². The molecule has 2 aliphatic rings. The Hall–Kier alpha value is -2.33. The summed E-state index contributed by atoms with van der Waals surface area (Å²) in [6, 6.07) is 17.2. The van der Waals surface area contributed by atoms with Gasteiger partial charge in [0.05, 0.1) is 0 Å². The third-order valence-corrected chi connectivity index (χ3v) is 5.71. The summed E-state index contributed by atoms with van der Waals surface area (Å²) in [4.78, 5) is 19.4. The number of hydrogen-bond donors (Lipinski definition) is 0. The average molecular weight is 349 g/mol. The first-order valence-corrected chi connectivity index (χ1v) is 9.49.